The number of carbonyl (C=O) groups excluding carboxylic acids is 1. The number of hydrogen-bond donors (Lipinski definition) is 1. The summed E-state index contributed by atoms with van der Waals surface area (Å²) in [6.45, 7) is -1.26. The van der Waals surface area contributed by atoms with Crippen LogP contribution < -0.4 is 10.1 Å². The molecule has 0 aliphatic rings. The lowest BCUT2D eigenvalue weighted by Gasteiger charge is -2.11. The van der Waals surface area contributed by atoms with Gasteiger partial charge in [0.2, 0.25) is 0 Å². The van der Waals surface area contributed by atoms with Gasteiger partial charge in [-0.3, -0.25) is 4.79 Å². The molecule has 0 aliphatic carbocycles. The molecule has 1 heterocycles. The zero-order chi connectivity index (χ0) is 16.3. The summed E-state index contributed by atoms with van der Waals surface area (Å²) < 4.78 is 28.6. The Labute approximate surface area is 135 Å². The summed E-state index contributed by atoms with van der Waals surface area (Å²) in [5.41, 5.74) is 1.15. The summed E-state index contributed by atoms with van der Waals surface area (Å²) in [6.07, 6.45) is 1.25. The average Bonchev–Trinajstić information content (AvgIpc) is 2.41. The minimum Gasteiger partial charge on any atom is -0.435 e. The number of aryl methyl sites for hydroxylation is 1. The van der Waals surface area contributed by atoms with Gasteiger partial charge in [0, 0.05) is 11.9 Å². The van der Waals surface area contributed by atoms with E-state index in [0.29, 0.717) is 11.3 Å². The number of halogens is 4. The summed E-state index contributed by atoms with van der Waals surface area (Å²) in [5, 5.41) is 2.95. The van der Waals surface area contributed by atoms with E-state index in [1.165, 1.54) is 30.5 Å². The molecule has 0 fully saturated rings. The van der Waals surface area contributed by atoms with Crippen LogP contribution in [0.15, 0.2) is 30.5 Å². The van der Waals surface area contributed by atoms with Crippen molar-refractivity contribution in [3.05, 3.63) is 51.8 Å². The Bertz CT molecular complexity index is 711. The van der Waals surface area contributed by atoms with Crippen molar-refractivity contribution < 1.29 is 18.3 Å². The van der Waals surface area contributed by atoms with E-state index >= 15 is 0 Å². The highest BCUT2D eigenvalue weighted by molar-refractivity contribution is 6.36. The summed E-state index contributed by atoms with van der Waals surface area (Å²) in [4.78, 5) is 15.9. The number of nitrogens with one attached hydrogen (secondary N) is 1. The quantitative estimate of drug-likeness (QED) is 0.826. The van der Waals surface area contributed by atoms with Gasteiger partial charge in [-0.2, -0.15) is 8.78 Å². The van der Waals surface area contributed by atoms with E-state index in [1.54, 1.807) is 6.92 Å². The minimum atomic E-state index is -2.90. The van der Waals surface area contributed by atoms with E-state index in [2.05, 4.69) is 15.0 Å². The predicted octanol–water partition coefficient (Wildman–Crippen LogP) is 4.55. The summed E-state index contributed by atoms with van der Waals surface area (Å²) in [6, 6.07) is 5.53. The van der Waals surface area contributed by atoms with E-state index in [1.807, 2.05) is 0 Å². The molecule has 2 rings (SSSR count). The van der Waals surface area contributed by atoms with Crippen molar-refractivity contribution in [2.45, 2.75) is 13.5 Å². The molecule has 116 valence electrons. The summed E-state index contributed by atoms with van der Waals surface area (Å²) in [7, 11) is 0. The number of hydrogen-bond acceptors (Lipinski definition) is 3. The van der Waals surface area contributed by atoms with E-state index in [-0.39, 0.29) is 21.5 Å². The lowest BCUT2D eigenvalue weighted by molar-refractivity contribution is -0.0498. The third-order valence-corrected chi connectivity index (χ3v) is 3.26. The lowest BCUT2D eigenvalue weighted by atomic mass is 10.1. The molecule has 1 N–H and O–H groups in total. The number of ether oxygens (including phenoxy) is 1. The third kappa shape index (κ3) is 4.05. The molecule has 0 atom stereocenters. The molecule has 4 nitrogen and oxygen atoms in total. The van der Waals surface area contributed by atoms with E-state index in [4.69, 9.17) is 23.2 Å². The lowest BCUT2D eigenvalue weighted by Crippen LogP contribution is -2.14. The maximum absolute atomic E-state index is 12.1. The number of aromatic nitrogens is 1. The van der Waals surface area contributed by atoms with Gasteiger partial charge in [0.1, 0.15) is 10.9 Å². The standard InChI is InChI=1S/C14H10Cl2F2N2O2/c1-7-4-8(22-14(17)18)2-3-11(7)20-13(21)9-6-19-12(16)5-10(9)15/h2-6,14H,1H3,(H,20,21). The normalized spacial score (nSPS) is 10.6. The maximum atomic E-state index is 12.1. The summed E-state index contributed by atoms with van der Waals surface area (Å²) >= 11 is 11.6. The Morgan fingerprint density at radius 2 is 2.05 bits per heavy atom. The first-order chi connectivity index (χ1) is 10.4. The SMILES string of the molecule is Cc1cc(OC(F)F)ccc1NC(=O)c1cnc(Cl)cc1Cl. The molecule has 22 heavy (non-hydrogen) atoms. The van der Waals surface area contributed by atoms with Crippen molar-refractivity contribution in [2.75, 3.05) is 5.32 Å². The Kier molecular flexibility index (Phi) is 5.15. The molecule has 0 radical (unpaired) electrons. The van der Waals surface area contributed by atoms with Gasteiger partial charge in [0.05, 0.1) is 10.6 Å². The van der Waals surface area contributed by atoms with Gasteiger partial charge in [-0.25, -0.2) is 4.98 Å². The molecule has 8 heteroatoms. The van der Waals surface area contributed by atoms with Crippen LogP contribution in [0.4, 0.5) is 14.5 Å². The van der Waals surface area contributed by atoms with Crippen molar-refractivity contribution >= 4 is 34.8 Å². The highest BCUT2D eigenvalue weighted by Gasteiger charge is 2.13. The number of pyridine rings is 1. The van der Waals surface area contributed by atoms with Crippen LogP contribution in [0.5, 0.6) is 5.75 Å². The Balaban J connectivity index is 2.18. The summed E-state index contributed by atoms with van der Waals surface area (Å²) in [5.74, 6) is -0.475. The number of amides is 1. The highest BCUT2D eigenvalue weighted by atomic mass is 35.5. The monoisotopic (exact) mass is 346 g/mol. The first-order valence-electron chi connectivity index (χ1n) is 6.04. The van der Waals surface area contributed by atoms with E-state index in [9.17, 15) is 13.6 Å². The van der Waals surface area contributed by atoms with Gasteiger partial charge >= 0.3 is 6.61 Å². The fourth-order valence-electron chi connectivity index (χ4n) is 1.72. The molecule has 0 spiro atoms. The molecular weight excluding hydrogens is 337 g/mol. The number of alkyl halides is 2. The number of anilines is 1. The van der Waals surface area contributed by atoms with Crippen molar-refractivity contribution in [2.24, 2.45) is 0 Å². The second-order valence-corrected chi connectivity index (χ2v) is 5.09. The first-order valence-corrected chi connectivity index (χ1v) is 6.80. The Hall–Kier alpha value is -1.92. The van der Waals surface area contributed by atoms with Crippen molar-refractivity contribution in [1.82, 2.24) is 4.98 Å². The van der Waals surface area contributed by atoms with Crippen LogP contribution in [0.1, 0.15) is 15.9 Å². The molecule has 1 amide bonds. The maximum Gasteiger partial charge on any atom is 0.387 e. The Morgan fingerprint density at radius 1 is 1.32 bits per heavy atom. The predicted molar refractivity (Wildman–Crippen MR) is 80.0 cm³/mol. The number of carbonyl (C=O) groups is 1. The van der Waals surface area contributed by atoms with Gasteiger partial charge < -0.3 is 10.1 Å². The van der Waals surface area contributed by atoms with Crippen LogP contribution in [0, 0.1) is 6.92 Å². The van der Waals surface area contributed by atoms with Crippen LogP contribution in [0.25, 0.3) is 0 Å². The molecule has 0 aliphatic heterocycles. The zero-order valence-corrected chi connectivity index (χ0v) is 12.8. The number of rotatable bonds is 4. The second kappa shape index (κ2) is 6.89. The number of benzene rings is 1. The van der Waals surface area contributed by atoms with Gasteiger partial charge in [-0.05, 0) is 36.8 Å². The smallest absolute Gasteiger partial charge is 0.387 e. The number of nitrogens with zero attached hydrogens (tertiary/aromatic N) is 1. The first kappa shape index (κ1) is 16.5. The second-order valence-electron chi connectivity index (χ2n) is 4.30. The van der Waals surface area contributed by atoms with Crippen molar-refractivity contribution in [3.8, 4) is 5.75 Å². The molecule has 1 aromatic heterocycles. The Morgan fingerprint density at radius 3 is 2.64 bits per heavy atom. The minimum absolute atomic E-state index is 0.0108. The molecular formula is C14H10Cl2F2N2O2. The fourth-order valence-corrected chi connectivity index (χ4v) is 2.17. The fraction of sp³-hybridized carbons (Fsp3) is 0.143. The molecule has 1 aromatic carbocycles. The van der Waals surface area contributed by atoms with E-state index in [0.717, 1.165) is 0 Å². The molecule has 0 unspecified atom stereocenters. The van der Waals surface area contributed by atoms with Gasteiger partial charge in [0.15, 0.2) is 0 Å². The van der Waals surface area contributed by atoms with Crippen LogP contribution in [0.3, 0.4) is 0 Å². The van der Waals surface area contributed by atoms with Gasteiger partial charge in [0.25, 0.3) is 5.91 Å². The largest absolute Gasteiger partial charge is 0.435 e. The zero-order valence-electron chi connectivity index (χ0n) is 11.2. The van der Waals surface area contributed by atoms with Gasteiger partial charge in [-0.15, -0.1) is 0 Å². The van der Waals surface area contributed by atoms with Crippen LogP contribution in [0.2, 0.25) is 10.2 Å². The van der Waals surface area contributed by atoms with Crippen molar-refractivity contribution in [3.63, 3.8) is 0 Å². The average molecular weight is 347 g/mol. The topological polar surface area (TPSA) is 51.2 Å². The molecule has 0 saturated heterocycles. The van der Waals surface area contributed by atoms with Crippen LogP contribution in [-0.2, 0) is 0 Å². The van der Waals surface area contributed by atoms with Gasteiger partial charge in [-0.1, -0.05) is 23.2 Å². The molecule has 0 bridgehead atoms. The molecule has 2 aromatic rings. The van der Waals surface area contributed by atoms with Crippen LogP contribution >= 0.6 is 23.2 Å². The highest BCUT2D eigenvalue weighted by Crippen LogP contribution is 2.24. The van der Waals surface area contributed by atoms with Crippen LogP contribution in [-0.4, -0.2) is 17.5 Å². The third-order valence-electron chi connectivity index (χ3n) is 2.74. The van der Waals surface area contributed by atoms with E-state index < -0.39 is 12.5 Å². The van der Waals surface area contributed by atoms with Crippen molar-refractivity contribution in [1.29, 1.82) is 0 Å². The molecule has 0 saturated carbocycles.